The molecule has 33 heavy (non-hydrogen) atoms. The molecule has 4 aromatic carbocycles. The summed E-state index contributed by atoms with van der Waals surface area (Å²) < 4.78 is 0. The van der Waals surface area contributed by atoms with Crippen molar-refractivity contribution in [2.24, 2.45) is 0 Å². The molecule has 2 nitrogen and oxygen atoms in total. The standard InChI is InChI=1S/C28H16Cl2O2S/c29-22-11-7-18(8-12-22)26(31)25-16-24(21-6-5-17-3-1-2-4-20(17)15-21)28(33-25)27(32)19-9-13-23(30)14-10-19/h1-16H. The molecule has 0 amide bonds. The summed E-state index contributed by atoms with van der Waals surface area (Å²) in [6, 6.07) is 29.5. The lowest BCUT2D eigenvalue weighted by Gasteiger charge is -2.06. The summed E-state index contributed by atoms with van der Waals surface area (Å²) in [5, 5.41) is 3.30. The highest BCUT2D eigenvalue weighted by Crippen LogP contribution is 2.36. The van der Waals surface area contributed by atoms with Crippen LogP contribution in [-0.2, 0) is 0 Å². The highest BCUT2D eigenvalue weighted by atomic mass is 35.5. The van der Waals surface area contributed by atoms with E-state index in [1.54, 1.807) is 48.5 Å². The molecule has 1 aromatic heterocycles. The zero-order valence-electron chi connectivity index (χ0n) is 17.2. The first-order valence-electron chi connectivity index (χ1n) is 10.2. The summed E-state index contributed by atoms with van der Waals surface area (Å²) in [6.45, 7) is 0. The van der Waals surface area contributed by atoms with E-state index in [0.717, 1.165) is 21.9 Å². The third-order valence-corrected chi connectivity index (χ3v) is 7.07. The van der Waals surface area contributed by atoms with Gasteiger partial charge in [-0.25, -0.2) is 0 Å². The molecule has 0 saturated heterocycles. The maximum atomic E-state index is 13.5. The molecular formula is C28H16Cl2O2S. The number of ketones is 2. The van der Waals surface area contributed by atoms with Crippen LogP contribution in [0.3, 0.4) is 0 Å². The molecule has 160 valence electrons. The first kappa shape index (κ1) is 21.6. The number of carbonyl (C=O) groups excluding carboxylic acids is 2. The van der Waals surface area contributed by atoms with E-state index in [1.807, 2.05) is 48.5 Å². The summed E-state index contributed by atoms with van der Waals surface area (Å²) >= 11 is 13.2. The zero-order chi connectivity index (χ0) is 22.9. The second-order valence-corrected chi connectivity index (χ2v) is 9.51. The van der Waals surface area contributed by atoms with Crippen LogP contribution in [0.25, 0.3) is 21.9 Å². The number of benzene rings is 4. The molecule has 0 aliphatic carbocycles. The molecule has 0 N–H and O–H groups in total. The van der Waals surface area contributed by atoms with Crippen LogP contribution in [0.4, 0.5) is 0 Å². The molecule has 1 heterocycles. The Morgan fingerprint density at radius 1 is 0.606 bits per heavy atom. The van der Waals surface area contributed by atoms with E-state index < -0.39 is 0 Å². The van der Waals surface area contributed by atoms with Crippen LogP contribution in [0.1, 0.15) is 30.5 Å². The smallest absolute Gasteiger partial charge is 0.203 e. The van der Waals surface area contributed by atoms with E-state index in [4.69, 9.17) is 23.2 Å². The lowest BCUT2D eigenvalue weighted by Crippen LogP contribution is -2.00. The van der Waals surface area contributed by atoms with Gasteiger partial charge in [0.15, 0.2) is 0 Å². The minimum Gasteiger partial charge on any atom is -0.288 e. The van der Waals surface area contributed by atoms with Crippen molar-refractivity contribution in [3.05, 3.63) is 128 Å². The van der Waals surface area contributed by atoms with Crippen LogP contribution in [0.5, 0.6) is 0 Å². The first-order valence-corrected chi connectivity index (χ1v) is 11.8. The SMILES string of the molecule is O=C(c1ccc(Cl)cc1)c1cc(-c2ccc3ccccc3c2)c(C(=O)c2ccc(Cl)cc2)s1. The number of rotatable bonds is 5. The van der Waals surface area contributed by atoms with Crippen LogP contribution in [-0.4, -0.2) is 11.6 Å². The summed E-state index contributed by atoms with van der Waals surface area (Å²) in [5.41, 5.74) is 2.67. The fraction of sp³-hybridized carbons (Fsp3) is 0. The number of hydrogen-bond acceptors (Lipinski definition) is 3. The van der Waals surface area contributed by atoms with Crippen molar-refractivity contribution in [2.45, 2.75) is 0 Å². The largest absolute Gasteiger partial charge is 0.288 e. The van der Waals surface area contributed by atoms with E-state index in [1.165, 1.54) is 11.3 Å². The lowest BCUT2D eigenvalue weighted by atomic mass is 9.98. The van der Waals surface area contributed by atoms with Crippen molar-refractivity contribution in [1.82, 2.24) is 0 Å². The van der Waals surface area contributed by atoms with E-state index in [-0.39, 0.29) is 11.6 Å². The van der Waals surface area contributed by atoms with E-state index in [2.05, 4.69) is 0 Å². The van der Waals surface area contributed by atoms with Crippen molar-refractivity contribution in [3.8, 4) is 11.1 Å². The molecule has 0 spiro atoms. The van der Waals surface area contributed by atoms with Gasteiger partial charge in [0.2, 0.25) is 11.6 Å². The predicted molar refractivity (Wildman–Crippen MR) is 137 cm³/mol. The van der Waals surface area contributed by atoms with Gasteiger partial charge in [-0.3, -0.25) is 9.59 Å². The van der Waals surface area contributed by atoms with Crippen LogP contribution >= 0.6 is 34.5 Å². The van der Waals surface area contributed by atoms with Crippen molar-refractivity contribution in [1.29, 1.82) is 0 Å². The van der Waals surface area contributed by atoms with Gasteiger partial charge in [0, 0.05) is 26.7 Å². The van der Waals surface area contributed by atoms with Gasteiger partial charge in [-0.05, 0) is 77.0 Å². The van der Waals surface area contributed by atoms with Gasteiger partial charge in [-0.15, -0.1) is 11.3 Å². The van der Waals surface area contributed by atoms with Crippen molar-refractivity contribution >= 4 is 56.9 Å². The van der Waals surface area contributed by atoms with Gasteiger partial charge < -0.3 is 0 Å². The third kappa shape index (κ3) is 4.36. The molecule has 0 aliphatic rings. The topological polar surface area (TPSA) is 34.1 Å². The third-order valence-electron chi connectivity index (χ3n) is 5.44. The zero-order valence-corrected chi connectivity index (χ0v) is 19.5. The number of thiophene rings is 1. The molecule has 0 atom stereocenters. The average Bonchev–Trinajstić information content (AvgIpc) is 3.29. The first-order chi connectivity index (χ1) is 16.0. The van der Waals surface area contributed by atoms with Crippen molar-refractivity contribution in [2.75, 3.05) is 0 Å². The van der Waals surface area contributed by atoms with Crippen LogP contribution in [0, 0.1) is 0 Å². The minimum absolute atomic E-state index is 0.144. The quantitative estimate of drug-likeness (QED) is 0.234. The van der Waals surface area contributed by atoms with E-state index in [0.29, 0.717) is 30.9 Å². The van der Waals surface area contributed by atoms with Crippen LogP contribution < -0.4 is 0 Å². The van der Waals surface area contributed by atoms with Crippen molar-refractivity contribution < 1.29 is 9.59 Å². The van der Waals surface area contributed by atoms with Crippen LogP contribution in [0.2, 0.25) is 10.0 Å². The molecule has 0 saturated carbocycles. The van der Waals surface area contributed by atoms with Gasteiger partial charge in [0.1, 0.15) is 0 Å². The van der Waals surface area contributed by atoms with Crippen molar-refractivity contribution in [3.63, 3.8) is 0 Å². The van der Waals surface area contributed by atoms with E-state index >= 15 is 0 Å². The molecule has 0 fully saturated rings. The Labute approximate surface area is 205 Å². The number of carbonyl (C=O) groups is 2. The summed E-state index contributed by atoms with van der Waals surface area (Å²) in [5.74, 6) is -0.288. The Bertz CT molecular complexity index is 1500. The minimum atomic E-state index is -0.145. The Morgan fingerprint density at radius 3 is 1.82 bits per heavy atom. The van der Waals surface area contributed by atoms with Gasteiger partial charge in [0.25, 0.3) is 0 Å². The second kappa shape index (κ2) is 8.95. The number of fused-ring (bicyclic) bond motifs is 1. The molecule has 0 unspecified atom stereocenters. The Hall–Kier alpha value is -3.24. The fourth-order valence-corrected chi connectivity index (χ4v) is 5.08. The summed E-state index contributed by atoms with van der Waals surface area (Å²) in [7, 11) is 0. The van der Waals surface area contributed by atoms with E-state index in [9.17, 15) is 9.59 Å². The van der Waals surface area contributed by atoms with Gasteiger partial charge >= 0.3 is 0 Å². The predicted octanol–water partition coefficient (Wildman–Crippen LogP) is 8.34. The molecule has 0 bridgehead atoms. The monoisotopic (exact) mass is 486 g/mol. The highest BCUT2D eigenvalue weighted by molar-refractivity contribution is 7.17. The lowest BCUT2D eigenvalue weighted by molar-refractivity contribution is 0.103. The van der Waals surface area contributed by atoms with Gasteiger partial charge in [-0.2, -0.15) is 0 Å². The second-order valence-electron chi connectivity index (χ2n) is 7.59. The fourth-order valence-electron chi connectivity index (χ4n) is 3.72. The molecule has 0 aliphatic heterocycles. The maximum Gasteiger partial charge on any atom is 0.203 e. The molecule has 5 heteroatoms. The summed E-state index contributed by atoms with van der Waals surface area (Å²) in [4.78, 5) is 27.7. The molecule has 5 aromatic rings. The van der Waals surface area contributed by atoms with Gasteiger partial charge in [-0.1, -0.05) is 59.6 Å². The number of halogens is 2. The maximum absolute atomic E-state index is 13.5. The normalized spacial score (nSPS) is 11.0. The summed E-state index contributed by atoms with van der Waals surface area (Å²) in [6.07, 6.45) is 0. The number of hydrogen-bond donors (Lipinski definition) is 0. The Morgan fingerprint density at radius 2 is 1.18 bits per heavy atom. The Kier molecular flexibility index (Phi) is 5.86. The molecule has 0 radical (unpaired) electrons. The molecular weight excluding hydrogens is 471 g/mol. The highest BCUT2D eigenvalue weighted by Gasteiger charge is 2.23. The molecule has 5 rings (SSSR count). The van der Waals surface area contributed by atoms with Crippen LogP contribution in [0.15, 0.2) is 97.1 Å². The Balaban J connectivity index is 1.65. The average molecular weight is 487 g/mol. The van der Waals surface area contributed by atoms with Gasteiger partial charge in [0.05, 0.1) is 9.75 Å².